The van der Waals surface area contributed by atoms with E-state index in [1.807, 2.05) is 73.7 Å². The van der Waals surface area contributed by atoms with Gasteiger partial charge in [0.25, 0.3) is 0 Å². The Morgan fingerprint density at radius 2 is 1.67 bits per heavy atom. The third-order valence-corrected chi connectivity index (χ3v) is 8.14. The standard InChI is InChI=1S/C32H36F3N7O/c1-20-12-15-24(16-13-20)36-31(43)38-29-19-23(25-10-6-7-11-26(25)30-39-41-42-40-30)14-17-27(29)37-28(18-21(2)32(33,34)35)22-8-4-3-5-9-22/h6-7,10-17,19,21-22,28,37H,3-5,8-9,18H2,1-2H3,(H2,36,38,43)(H,39,40,41,42). The molecular formula is C32H36F3N7O. The van der Waals surface area contributed by atoms with Crippen LogP contribution in [0.4, 0.5) is 35.0 Å². The highest BCUT2D eigenvalue weighted by atomic mass is 19.4. The quantitative estimate of drug-likeness (QED) is 0.156. The van der Waals surface area contributed by atoms with Crippen molar-refractivity contribution in [1.82, 2.24) is 20.6 Å². The van der Waals surface area contributed by atoms with Crippen molar-refractivity contribution < 1.29 is 18.0 Å². The van der Waals surface area contributed by atoms with Crippen LogP contribution < -0.4 is 16.0 Å². The van der Waals surface area contributed by atoms with Crippen LogP contribution in [0, 0.1) is 18.8 Å². The topological polar surface area (TPSA) is 108 Å². The Labute approximate surface area is 248 Å². The highest BCUT2D eigenvalue weighted by molar-refractivity contribution is 6.02. The maximum Gasteiger partial charge on any atom is 0.391 e. The Morgan fingerprint density at radius 3 is 2.35 bits per heavy atom. The van der Waals surface area contributed by atoms with Gasteiger partial charge in [0.1, 0.15) is 0 Å². The van der Waals surface area contributed by atoms with E-state index in [0.717, 1.165) is 54.4 Å². The minimum absolute atomic E-state index is 0.0494. The summed E-state index contributed by atoms with van der Waals surface area (Å²) in [6.45, 7) is 3.20. The molecule has 1 heterocycles. The number of hydrogen-bond donors (Lipinski definition) is 4. The number of tetrazole rings is 1. The lowest BCUT2D eigenvalue weighted by atomic mass is 9.80. The van der Waals surface area contributed by atoms with Gasteiger partial charge in [0.05, 0.1) is 17.3 Å². The average Bonchev–Trinajstić information content (AvgIpc) is 3.54. The van der Waals surface area contributed by atoms with E-state index in [1.54, 1.807) is 0 Å². The number of alkyl halides is 3. The molecule has 43 heavy (non-hydrogen) atoms. The first-order valence-corrected chi connectivity index (χ1v) is 14.6. The van der Waals surface area contributed by atoms with Crippen molar-refractivity contribution in [1.29, 1.82) is 0 Å². The van der Waals surface area contributed by atoms with Crippen LogP contribution in [0.5, 0.6) is 0 Å². The Hall–Kier alpha value is -4.41. The first kappa shape index (κ1) is 30.1. The van der Waals surface area contributed by atoms with Gasteiger partial charge in [0.2, 0.25) is 0 Å². The van der Waals surface area contributed by atoms with E-state index in [9.17, 15) is 18.0 Å². The molecule has 0 bridgehead atoms. The summed E-state index contributed by atoms with van der Waals surface area (Å²) in [4.78, 5) is 13.2. The fourth-order valence-corrected chi connectivity index (χ4v) is 5.70. The number of hydrogen-bond acceptors (Lipinski definition) is 5. The number of rotatable bonds is 9. The monoisotopic (exact) mass is 591 g/mol. The first-order chi connectivity index (χ1) is 20.7. The Kier molecular flexibility index (Phi) is 9.27. The minimum atomic E-state index is -4.28. The van der Waals surface area contributed by atoms with Crippen LogP contribution in [0.3, 0.4) is 0 Å². The zero-order valence-corrected chi connectivity index (χ0v) is 24.2. The minimum Gasteiger partial charge on any atom is -0.380 e. The zero-order chi connectivity index (χ0) is 30.4. The molecular weight excluding hydrogens is 555 g/mol. The van der Waals surface area contributed by atoms with Crippen LogP contribution in [-0.4, -0.2) is 38.9 Å². The highest BCUT2D eigenvalue weighted by Gasteiger charge is 2.39. The van der Waals surface area contributed by atoms with Gasteiger partial charge in [-0.1, -0.05) is 74.2 Å². The Bertz CT molecular complexity index is 1500. The maximum absolute atomic E-state index is 13.7. The molecule has 4 N–H and O–H groups in total. The zero-order valence-electron chi connectivity index (χ0n) is 24.2. The number of aryl methyl sites for hydroxylation is 1. The van der Waals surface area contributed by atoms with E-state index < -0.39 is 24.2 Å². The fourth-order valence-electron chi connectivity index (χ4n) is 5.70. The lowest BCUT2D eigenvalue weighted by molar-refractivity contribution is -0.172. The van der Waals surface area contributed by atoms with Crippen LogP contribution >= 0.6 is 0 Å². The number of carbonyl (C=O) groups excluding carboxylic acids is 1. The smallest absolute Gasteiger partial charge is 0.380 e. The first-order valence-electron chi connectivity index (χ1n) is 14.6. The largest absolute Gasteiger partial charge is 0.391 e. The third-order valence-electron chi connectivity index (χ3n) is 8.14. The van der Waals surface area contributed by atoms with Gasteiger partial charge in [-0.15, -0.1) is 5.10 Å². The lowest BCUT2D eigenvalue weighted by Crippen LogP contribution is -2.36. The highest BCUT2D eigenvalue weighted by Crippen LogP contribution is 2.39. The predicted molar refractivity (Wildman–Crippen MR) is 163 cm³/mol. The Morgan fingerprint density at radius 1 is 0.953 bits per heavy atom. The summed E-state index contributed by atoms with van der Waals surface area (Å²) < 4.78 is 41.1. The molecule has 0 saturated heterocycles. The normalized spacial score (nSPS) is 15.5. The summed E-state index contributed by atoms with van der Waals surface area (Å²) in [7, 11) is 0. The van der Waals surface area contributed by atoms with Crippen molar-refractivity contribution in [3.63, 3.8) is 0 Å². The summed E-state index contributed by atoms with van der Waals surface area (Å²) >= 11 is 0. The third kappa shape index (κ3) is 7.71. The number of carbonyl (C=O) groups is 1. The maximum atomic E-state index is 13.7. The second kappa shape index (κ2) is 13.3. The number of aromatic nitrogens is 4. The van der Waals surface area contributed by atoms with E-state index in [-0.39, 0.29) is 12.3 Å². The molecule has 5 rings (SSSR count). The molecule has 0 spiro atoms. The van der Waals surface area contributed by atoms with Crippen molar-refractivity contribution in [2.75, 3.05) is 16.0 Å². The summed E-state index contributed by atoms with van der Waals surface area (Å²) in [5.74, 6) is -0.870. The molecule has 1 fully saturated rings. The van der Waals surface area contributed by atoms with Gasteiger partial charge in [-0.3, -0.25) is 0 Å². The molecule has 0 aliphatic heterocycles. The number of halogens is 3. The Balaban J connectivity index is 1.49. The molecule has 2 unspecified atom stereocenters. The number of nitrogens with one attached hydrogen (secondary N) is 4. The van der Waals surface area contributed by atoms with E-state index in [4.69, 9.17) is 0 Å². The lowest BCUT2D eigenvalue weighted by Gasteiger charge is -2.34. The second-order valence-corrected chi connectivity index (χ2v) is 11.3. The average molecular weight is 592 g/mol. The van der Waals surface area contributed by atoms with Gasteiger partial charge in [-0.2, -0.15) is 13.2 Å². The molecule has 1 saturated carbocycles. The van der Waals surface area contributed by atoms with Crippen molar-refractivity contribution in [3.8, 4) is 22.5 Å². The van der Waals surface area contributed by atoms with E-state index in [2.05, 4.69) is 36.6 Å². The number of benzene rings is 3. The van der Waals surface area contributed by atoms with Gasteiger partial charge < -0.3 is 16.0 Å². The molecule has 1 aromatic heterocycles. The fraction of sp³-hybridized carbons (Fsp3) is 0.375. The SMILES string of the molecule is Cc1ccc(NC(=O)Nc2cc(-c3ccccc3-c3nnn[nH]3)ccc2NC(CC(C)C(F)(F)F)C2CCCCC2)cc1. The van der Waals surface area contributed by atoms with Crippen LogP contribution in [0.2, 0.25) is 0 Å². The summed E-state index contributed by atoms with van der Waals surface area (Å²) in [5.41, 5.74) is 5.07. The molecule has 1 aliphatic carbocycles. The molecule has 2 atom stereocenters. The molecule has 3 aromatic carbocycles. The molecule has 11 heteroatoms. The number of aromatic amines is 1. The molecule has 2 amide bonds. The molecule has 4 aromatic rings. The van der Waals surface area contributed by atoms with Crippen molar-refractivity contribution in [2.45, 2.75) is 64.6 Å². The predicted octanol–water partition coefficient (Wildman–Crippen LogP) is 8.44. The van der Waals surface area contributed by atoms with Crippen LogP contribution in [0.1, 0.15) is 51.0 Å². The number of H-pyrrole nitrogens is 1. The van der Waals surface area contributed by atoms with Crippen molar-refractivity contribution in [3.05, 3.63) is 72.3 Å². The van der Waals surface area contributed by atoms with Gasteiger partial charge in [-0.05, 0) is 77.9 Å². The molecule has 226 valence electrons. The van der Waals surface area contributed by atoms with Gasteiger partial charge in [0.15, 0.2) is 5.82 Å². The van der Waals surface area contributed by atoms with Crippen molar-refractivity contribution in [2.24, 2.45) is 11.8 Å². The van der Waals surface area contributed by atoms with E-state index in [0.29, 0.717) is 22.9 Å². The second-order valence-electron chi connectivity index (χ2n) is 11.3. The number of nitrogens with zero attached hydrogens (tertiary/aromatic N) is 3. The van der Waals surface area contributed by atoms with Crippen LogP contribution in [0.25, 0.3) is 22.5 Å². The van der Waals surface area contributed by atoms with Gasteiger partial charge in [-0.25, -0.2) is 9.89 Å². The van der Waals surface area contributed by atoms with E-state index in [1.165, 1.54) is 6.92 Å². The summed E-state index contributed by atoms with van der Waals surface area (Å²) in [6, 6.07) is 19.7. The van der Waals surface area contributed by atoms with Crippen LogP contribution in [-0.2, 0) is 0 Å². The van der Waals surface area contributed by atoms with Gasteiger partial charge >= 0.3 is 12.2 Å². The summed E-state index contributed by atoms with van der Waals surface area (Å²) in [5, 5.41) is 23.5. The summed E-state index contributed by atoms with van der Waals surface area (Å²) in [6.07, 6.45) is 0.502. The van der Waals surface area contributed by atoms with Crippen molar-refractivity contribution >= 4 is 23.1 Å². The number of anilines is 3. The van der Waals surface area contributed by atoms with Crippen LogP contribution in [0.15, 0.2) is 66.7 Å². The van der Waals surface area contributed by atoms with E-state index >= 15 is 0 Å². The number of amides is 2. The number of urea groups is 1. The molecule has 1 aliphatic rings. The van der Waals surface area contributed by atoms with Gasteiger partial charge in [0, 0.05) is 17.3 Å². The molecule has 8 nitrogen and oxygen atoms in total. The molecule has 0 radical (unpaired) electrons.